The number of carbonyl (C=O) groups is 1. The summed E-state index contributed by atoms with van der Waals surface area (Å²) in [5, 5.41) is 0. The maximum absolute atomic E-state index is 10.1. The Hall–Kier alpha value is -0.530. The Kier molecular flexibility index (Phi) is 7.48. The van der Waals surface area contributed by atoms with E-state index in [1.165, 1.54) is 38.5 Å². The molecule has 0 N–H and O–H groups in total. The average Bonchev–Trinajstić information content (AvgIpc) is 2.84. The Labute approximate surface area is 119 Å². The SMILES string of the molecule is CC(CCCC1CCC(C(C)C(C)C)C1)COC=O. The van der Waals surface area contributed by atoms with Gasteiger partial charge in [0.15, 0.2) is 0 Å². The first kappa shape index (κ1) is 16.5. The molecule has 1 saturated carbocycles. The van der Waals surface area contributed by atoms with Crippen LogP contribution >= 0.6 is 0 Å². The van der Waals surface area contributed by atoms with Gasteiger partial charge < -0.3 is 4.74 Å². The zero-order chi connectivity index (χ0) is 14.3. The third-order valence-electron chi connectivity index (χ3n) is 5.14. The van der Waals surface area contributed by atoms with Crippen LogP contribution in [0.1, 0.15) is 66.2 Å². The summed E-state index contributed by atoms with van der Waals surface area (Å²) in [5.41, 5.74) is 0. The van der Waals surface area contributed by atoms with Crippen molar-refractivity contribution < 1.29 is 9.53 Å². The van der Waals surface area contributed by atoms with Gasteiger partial charge in [0.1, 0.15) is 0 Å². The lowest BCUT2D eigenvalue weighted by Crippen LogP contribution is -2.14. The molecule has 0 amide bonds. The second-order valence-corrected chi connectivity index (χ2v) is 7.01. The van der Waals surface area contributed by atoms with E-state index in [4.69, 9.17) is 4.74 Å². The summed E-state index contributed by atoms with van der Waals surface area (Å²) >= 11 is 0. The molecule has 2 nitrogen and oxygen atoms in total. The normalized spacial score (nSPS) is 26.4. The van der Waals surface area contributed by atoms with Crippen LogP contribution in [0.5, 0.6) is 0 Å². The van der Waals surface area contributed by atoms with E-state index in [0.29, 0.717) is 19.0 Å². The predicted molar refractivity (Wildman–Crippen MR) is 79.9 cm³/mol. The summed E-state index contributed by atoms with van der Waals surface area (Å²) in [6.07, 6.45) is 8.16. The van der Waals surface area contributed by atoms with Crippen LogP contribution in [0.4, 0.5) is 0 Å². The quantitative estimate of drug-likeness (QED) is 0.568. The monoisotopic (exact) mass is 268 g/mol. The minimum atomic E-state index is 0.511. The van der Waals surface area contributed by atoms with Gasteiger partial charge in [-0.2, -0.15) is 0 Å². The van der Waals surface area contributed by atoms with Crippen molar-refractivity contribution in [2.24, 2.45) is 29.6 Å². The van der Waals surface area contributed by atoms with Gasteiger partial charge in [-0.05, 0) is 48.9 Å². The van der Waals surface area contributed by atoms with Crippen LogP contribution < -0.4 is 0 Å². The van der Waals surface area contributed by atoms with Gasteiger partial charge in [0.2, 0.25) is 0 Å². The second kappa shape index (κ2) is 8.60. The minimum absolute atomic E-state index is 0.511. The van der Waals surface area contributed by atoms with E-state index in [-0.39, 0.29) is 0 Å². The van der Waals surface area contributed by atoms with Crippen molar-refractivity contribution in [1.29, 1.82) is 0 Å². The van der Waals surface area contributed by atoms with Crippen LogP contribution in [-0.4, -0.2) is 13.1 Å². The van der Waals surface area contributed by atoms with E-state index >= 15 is 0 Å². The first-order valence-corrected chi connectivity index (χ1v) is 8.09. The van der Waals surface area contributed by atoms with Crippen molar-refractivity contribution in [3.63, 3.8) is 0 Å². The molecule has 0 radical (unpaired) electrons. The molecular formula is C17H32O2. The van der Waals surface area contributed by atoms with Crippen LogP contribution in [0, 0.1) is 29.6 Å². The minimum Gasteiger partial charge on any atom is -0.468 e. The van der Waals surface area contributed by atoms with Crippen LogP contribution in [0.2, 0.25) is 0 Å². The standard InChI is InChI=1S/C17H32O2/c1-13(2)15(4)17-9-8-16(10-17)7-5-6-14(3)11-19-12-18/h12-17H,5-11H2,1-4H3. The van der Waals surface area contributed by atoms with E-state index in [2.05, 4.69) is 27.7 Å². The fraction of sp³-hybridized carbons (Fsp3) is 0.941. The van der Waals surface area contributed by atoms with Crippen molar-refractivity contribution in [3.05, 3.63) is 0 Å². The van der Waals surface area contributed by atoms with E-state index < -0.39 is 0 Å². The van der Waals surface area contributed by atoms with Gasteiger partial charge in [0.05, 0.1) is 6.61 Å². The van der Waals surface area contributed by atoms with Gasteiger partial charge in [-0.1, -0.05) is 47.0 Å². The molecule has 0 bridgehead atoms. The Balaban J connectivity index is 2.13. The van der Waals surface area contributed by atoms with E-state index in [1.807, 2.05) is 0 Å². The topological polar surface area (TPSA) is 26.3 Å². The molecule has 0 heterocycles. The van der Waals surface area contributed by atoms with Gasteiger partial charge in [-0.25, -0.2) is 0 Å². The average molecular weight is 268 g/mol. The molecule has 0 aromatic carbocycles. The van der Waals surface area contributed by atoms with E-state index in [9.17, 15) is 4.79 Å². The molecule has 1 aliphatic carbocycles. The van der Waals surface area contributed by atoms with E-state index in [1.54, 1.807) is 0 Å². The molecule has 4 atom stereocenters. The van der Waals surface area contributed by atoms with Crippen LogP contribution in [0.15, 0.2) is 0 Å². The molecule has 0 saturated heterocycles. The molecular weight excluding hydrogens is 236 g/mol. The smallest absolute Gasteiger partial charge is 0.293 e. The van der Waals surface area contributed by atoms with Gasteiger partial charge in [0, 0.05) is 0 Å². The number of hydrogen-bond donors (Lipinski definition) is 0. The molecule has 112 valence electrons. The molecule has 2 heteroatoms. The predicted octanol–water partition coefficient (Wildman–Crippen LogP) is 4.67. The molecule has 19 heavy (non-hydrogen) atoms. The molecule has 1 rings (SSSR count). The zero-order valence-corrected chi connectivity index (χ0v) is 13.2. The molecule has 4 unspecified atom stereocenters. The molecule has 0 aromatic heterocycles. The van der Waals surface area contributed by atoms with Crippen molar-refractivity contribution in [2.45, 2.75) is 66.2 Å². The summed E-state index contributed by atoms with van der Waals surface area (Å²) in [4.78, 5) is 10.1. The van der Waals surface area contributed by atoms with E-state index in [0.717, 1.165) is 23.7 Å². The fourth-order valence-electron chi connectivity index (χ4n) is 3.44. The summed E-state index contributed by atoms with van der Waals surface area (Å²) in [5.74, 6) is 4.12. The van der Waals surface area contributed by atoms with Gasteiger partial charge in [-0.15, -0.1) is 0 Å². The van der Waals surface area contributed by atoms with Gasteiger partial charge in [0.25, 0.3) is 6.47 Å². The third kappa shape index (κ3) is 5.97. The summed E-state index contributed by atoms with van der Waals surface area (Å²) in [7, 11) is 0. The highest BCUT2D eigenvalue weighted by Crippen LogP contribution is 2.40. The molecule has 0 aromatic rings. The first-order valence-electron chi connectivity index (χ1n) is 8.09. The van der Waals surface area contributed by atoms with Crippen LogP contribution in [0.3, 0.4) is 0 Å². The second-order valence-electron chi connectivity index (χ2n) is 7.01. The molecule has 1 aliphatic rings. The molecule has 0 spiro atoms. The summed E-state index contributed by atoms with van der Waals surface area (Å²) in [6, 6.07) is 0. The maximum Gasteiger partial charge on any atom is 0.293 e. The Morgan fingerprint density at radius 2 is 1.95 bits per heavy atom. The van der Waals surface area contributed by atoms with Crippen molar-refractivity contribution in [1.82, 2.24) is 0 Å². The lowest BCUT2D eigenvalue weighted by molar-refractivity contribution is -0.129. The lowest BCUT2D eigenvalue weighted by Gasteiger charge is -2.23. The lowest BCUT2D eigenvalue weighted by atomic mass is 9.83. The van der Waals surface area contributed by atoms with Gasteiger partial charge in [-0.3, -0.25) is 4.79 Å². The van der Waals surface area contributed by atoms with Gasteiger partial charge >= 0.3 is 0 Å². The largest absolute Gasteiger partial charge is 0.468 e. The number of ether oxygens (including phenoxy) is 1. The molecule has 1 fully saturated rings. The van der Waals surface area contributed by atoms with Crippen LogP contribution in [-0.2, 0) is 9.53 Å². The highest BCUT2D eigenvalue weighted by Gasteiger charge is 2.29. The number of carbonyl (C=O) groups excluding carboxylic acids is 1. The van der Waals surface area contributed by atoms with Crippen molar-refractivity contribution >= 4 is 6.47 Å². The Morgan fingerprint density at radius 3 is 2.58 bits per heavy atom. The maximum atomic E-state index is 10.1. The molecule has 0 aliphatic heterocycles. The fourth-order valence-corrected chi connectivity index (χ4v) is 3.44. The van der Waals surface area contributed by atoms with Crippen molar-refractivity contribution in [2.75, 3.05) is 6.61 Å². The van der Waals surface area contributed by atoms with Crippen molar-refractivity contribution in [3.8, 4) is 0 Å². The first-order chi connectivity index (χ1) is 9.04. The highest BCUT2D eigenvalue weighted by atomic mass is 16.5. The highest BCUT2D eigenvalue weighted by molar-refractivity contribution is 5.36. The summed E-state index contributed by atoms with van der Waals surface area (Å²) in [6.45, 7) is 10.4. The zero-order valence-electron chi connectivity index (χ0n) is 13.2. The third-order valence-corrected chi connectivity index (χ3v) is 5.14. The number of rotatable bonds is 9. The Bertz CT molecular complexity index is 250. The number of hydrogen-bond acceptors (Lipinski definition) is 2. The Morgan fingerprint density at radius 1 is 1.21 bits per heavy atom. The summed E-state index contributed by atoms with van der Waals surface area (Å²) < 4.78 is 4.81. The van der Waals surface area contributed by atoms with Crippen LogP contribution in [0.25, 0.3) is 0 Å².